The van der Waals surface area contributed by atoms with E-state index < -0.39 is 22.7 Å². The molecule has 1 N–H and O–H groups in total. The van der Waals surface area contributed by atoms with Crippen LogP contribution in [0.25, 0.3) is 0 Å². The molecule has 0 aliphatic rings. The van der Waals surface area contributed by atoms with E-state index in [1.54, 1.807) is 18.2 Å². The summed E-state index contributed by atoms with van der Waals surface area (Å²) in [5.74, 6) is 0.200. The average molecular weight is 370 g/mol. The SMILES string of the molecule is CC(=O)Nc1cccc(S(=O)(=N[Si](C)(C)C(C)(C)C)C(C)(C)C)n1. The van der Waals surface area contributed by atoms with Gasteiger partial charge in [-0.15, -0.1) is 0 Å². The first kappa shape index (κ1) is 20.8. The zero-order valence-corrected chi connectivity index (χ0v) is 18.2. The van der Waals surface area contributed by atoms with Crippen molar-refractivity contribution in [2.75, 3.05) is 5.32 Å². The van der Waals surface area contributed by atoms with E-state index in [0.717, 1.165) is 0 Å². The number of hydrogen-bond donors (Lipinski definition) is 1. The molecule has 1 aromatic heterocycles. The van der Waals surface area contributed by atoms with Crippen LogP contribution in [-0.2, 0) is 14.5 Å². The molecule has 136 valence electrons. The molecule has 1 heterocycles. The van der Waals surface area contributed by atoms with Crippen LogP contribution in [0.3, 0.4) is 0 Å². The lowest BCUT2D eigenvalue weighted by Gasteiger charge is -2.36. The second-order valence-electron chi connectivity index (χ2n) is 8.58. The van der Waals surface area contributed by atoms with Crippen molar-refractivity contribution in [3.05, 3.63) is 18.2 Å². The third-order valence-corrected chi connectivity index (χ3v) is 13.3. The van der Waals surface area contributed by atoms with Crippen molar-refractivity contribution in [2.45, 2.75) is 76.4 Å². The number of aromatic nitrogens is 1. The molecule has 1 amide bonds. The summed E-state index contributed by atoms with van der Waals surface area (Å²) in [6.45, 7) is 17.9. The summed E-state index contributed by atoms with van der Waals surface area (Å²) in [6.07, 6.45) is 0. The van der Waals surface area contributed by atoms with E-state index >= 15 is 0 Å². The maximum Gasteiger partial charge on any atom is 0.222 e. The van der Waals surface area contributed by atoms with Gasteiger partial charge in [0.25, 0.3) is 0 Å². The van der Waals surface area contributed by atoms with E-state index in [9.17, 15) is 9.00 Å². The normalized spacial score (nSPS) is 15.5. The quantitative estimate of drug-likeness (QED) is 0.787. The number of hydrogen-bond acceptors (Lipinski definition) is 4. The maximum absolute atomic E-state index is 14.0. The molecule has 1 aromatic rings. The van der Waals surface area contributed by atoms with Crippen LogP contribution < -0.4 is 5.32 Å². The topological polar surface area (TPSA) is 71.4 Å². The van der Waals surface area contributed by atoms with Crippen LogP contribution in [0.5, 0.6) is 0 Å². The zero-order valence-electron chi connectivity index (χ0n) is 16.4. The summed E-state index contributed by atoms with van der Waals surface area (Å²) in [7, 11) is -4.92. The highest BCUT2D eigenvalue weighted by Crippen LogP contribution is 2.40. The van der Waals surface area contributed by atoms with Crippen molar-refractivity contribution in [1.29, 1.82) is 0 Å². The van der Waals surface area contributed by atoms with Gasteiger partial charge in [-0.25, -0.2) is 9.19 Å². The van der Waals surface area contributed by atoms with Crippen LogP contribution in [-0.4, -0.2) is 28.1 Å². The Morgan fingerprint density at radius 2 is 1.71 bits per heavy atom. The molecular formula is C17H31N3O2SSi. The molecule has 1 atom stereocenters. The molecule has 7 heteroatoms. The fourth-order valence-electron chi connectivity index (χ4n) is 1.77. The number of pyridine rings is 1. The van der Waals surface area contributed by atoms with E-state index in [-0.39, 0.29) is 10.9 Å². The lowest BCUT2D eigenvalue weighted by molar-refractivity contribution is -0.114. The molecule has 0 radical (unpaired) electrons. The predicted octanol–water partition coefficient (Wildman–Crippen LogP) is 4.67. The number of carbonyl (C=O) groups is 1. The Morgan fingerprint density at radius 3 is 2.12 bits per heavy atom. The lowest BCUT2D eigenvalue weighted by Crippen LogP contribution is -2.40. The summed E-state index contributed by atoms with van der Waals surface area (Å²) in [5, 5.41) is 3.07. The molecule has 0 bridgehead atoms. The highest BCUT2D eigenvalue weighted by Gasteiger charge is 2.41. The Labute approximate surface area is 147 Å². The highest BCUT2D eigenvalue weighted by atomic mass is 32.2. The van der Waals surface area contributed by atoms with Crippen molar-refractivity contribution in [2.24, 2.45) is 4.03 Å². The van der Waals surface area contributed by atoms with Gasteiger partial charge in [-0.2, -0.15) is 0 Å². The van der Waals surface area contributed by atoms with Crippen molar-refractivity contribution in [3.63, 3.8) is 0 Å². The monoisotopic (exact) mass is 369 g/mol. The van der Waals surface area contributed by atoms with Gasteiger partial charge in [0, 0.05) is 6.92 Å². The second-order valence-corrected chi connectivity index (χ2v) is 16.6. The van der Waals surface area contributed by atoms with E-state index in [4.69, 9.17) is 4.03 Å². The number of nitrogens with one attached hydrogen (secondary N) is 1. The minimum absolute atomic E-state index is 0.0177. The largest absolute Gasteiger partial charge is 0.311 e. The van der Waals surface area contributed by atoms with E-state index in [0.29, 0.717) is 10.8 Å². The van der Waals surface area contributed by atoms with Crippen molar-refractivity contribution >= 4 is 29.7 Å². The first-order valence-electron chi connectivity index (χ1n) is 8.13. The standard InChI is InChI=1S/C17H31N3O2SSi/c1-13(21)18-14-11-10-12-15(19-14)23(22,16(2,3)4)20-24(8,9)17(5,6)7/h10-12H,1-9H3,(H,18,19,21). The van der Waals surface area contributed by atoms with E-state index in [1.807, 2.05) is 20.8 Å². The molecule has 0 saturated carbocycles. The van der Waals surface area contributed by atoms with Gasteiger partial charge < -0.3 is 5.32 Å². The van der Waals surface area contributed by atoms with Gasteiger partial charge >= 0.3 is 0 Å². The van der Waals surface area contributed by atoms with Crippen LogP contribution in [0, 0.1) is 0 Å². The molecule has 0 aliphatic heterocycles. The summed E-state index contributed by atoms with van der Waals surface area (Å²) in [6, 6.07) is 5.20. The first-order chi connectivity index (χ1) is 10.6. The van der Waals surface area contributed by atoms with Gasteiger partial charge in [-0.1, -0.05) is 26.8 Å². The maximum atomic E-state index is 14.0. The van der Waals surface area contributed by atoms with Gasteiger partial charge in [0.05, 0.1) is 14.5 Å². The average Bonchev–Trinajstić information content (AvgIpc) is 2.34. The van der Waals surface area contributed by atoms with Gasteiger partial charge in [0.15, 0.2) is 8.24 Å². The molecule has 0 aliphatic carbocycles. The van der Waals surface area contributed by atoms with Crippen molar-refractivity contribution in [3.8, 4) is 0 Å². The van der Waals surface area contributed by atoms with Crippen molar-refractivity contribution in [1.82, 2.24) is 4.98 Å². The molecule has 0 spiro atoms. The minimum atomic E-state index is -2.76. The summed E-state index contributed by atoms with van der Waals surface area (Å²) in [5.41, 5.74) is 0. The molecule has 0 saturated heterocycles. The van der Waals surface area contributed by atoms with Crippen LogP contribution >= 0.6 is 0 Å². The van der Waals surface area contributed by atoms with Gasteiger partial charge in [-0.3, -0.25) is 8.82 Å². The van der Waals surface area contributed by atoms with E-state index in [1.165, 1.54) is 6.92 Å². The minimum Gasteiger partial charge on any atom is -0.311 e. The number of carbonyl (C=O) groups excluding carboxylic acids is 1. The molecular weight excluding hydrogens is 338 g/mol. The molecule has 0 aromatic carbocycles. The molecule has 1 unspecified atom stereocenters. The number of amides is 1. The smallest absolute Gasteiger partial charge is 0.222 e. The Kier molecular flexibility index (Phi) is 5.72. The lowest BCUT2D eigenvalue weighted by atomic mass is 10.2. The predicted molar refractivity (Wildman–Crippen MR) is 104 cm³/mol. The Morgan fingerprint density at radius 1 is 1.17 bits per heavy atom. The third-order valence-electron chi connectivity index (χ3n) is 4.33. The second kappa shape index (κ2) is 6.59. The van der Waals surface area contributed by atoms with Crippen LogP contribution in [0.15, 0.2) is 27.3 Å². The number of rotatable bonds is 3. The van der Waals surface area contributed by atoms with Gasteiger partial charge in [-0.05, 0) is 51.0 Å². The highest BCUT2D eigenvalue weighted by molar-refractivity contribution is 7.95. The molecule has 0 fully saturated rings. The Hall–Kier alpha value is -1.21. The third kappa shape index (κ3) is 4.45. The fraction of sp³-hybridized carbons (Fsp3) is 0.647. The molecule has 1 rings (SSSR count). The summed E-state index contributed by atoms with van der Waals surface area (Å²) < 4.78 is 18.4. The van der Waals surface area contributed by atoms with Gasteiger partial charge in [0.1, 0.15) is 10.8 Å². The summed E-state index contributed by atoms with van der Waals surface area (Å²) in [4.78, 5) is 15.7. The Bertz CT molecular complexity index is 737. The summed E-state index contributed by atoms with van der Waals surface area (Å²) >= 11 is 0. The van der Waals surface area contributed by atoms with Crippen LogP contribution in [0.4, 0.5) is 5.82 Å². The van der Waals surface area contributed by atoms with Gasteiger partial charge in [0.2, 0.25) is 5.91 Å². The molecule has 5 nitrogen and oxygen atoms in total. The Balaban J connectivity index is 3.66. The van der Waals surface area contributed by atoms with Crippen molar-refractivity contribution < 1.29 is 9.00 Å². The zero-order chi connectivity index (χ0) is 19.0. The van der Waals surface area contributed by atoms with Crippen LogP contribution in [0.1, 0.15) is 48.5 Å². The number of anilines is 1. The number of nitrogens with zero attached hydrogens (tertiary/aromatic N) is 2. The fourth-order valence-corrected chi connectivity index (χ4v) is 8.02. The van der Waals surface area contributed by atoms with Crippen LogP contribution in [0.2, 0.25) is 18.1 Å². The first-order valence-corrected chi connectivity index (χ1v) is 12.6. The molecule has 24 heavy (non-hydrogen) atoms. The van der Waals surface area contributed by atoms with E-state index in [2.05, 4.69) is 44.2 Å².